The van der Waals surface area contributed by atoms with Crippen LogP contribution in [0.3, 0.4) is 0 Å². The minimum Gasteiger partial charge on any atom is -0.486 e. The Morgan fingerprint density at radius 3 is 2.50 bits per heavy atom. The number of Topliss-reactive ketones (excluding diaryl/α,β-unsaturated/α-hetero) is 1. The highest BCUT2D eigenvalue weighted by Gasteiger charge is 2.26. The number of hydrogen-bond acceptors (Lipinski definition) is 2. The topological polar surface area (TPSA) is 26.3 Å². The molecule has 0 N–H and O–H groups in total. The van der Waals surface area contributed by atoms with Crippen molar-refractivity contribution in [1.29, 1.82) is 0 Å². The van der Waals surface area contributed by atoms with Gasteiger partial charge in [0.25, 0.3) is 0 Å². The van der Waals surface area contributed by atoms with Gasteiger partial charge in [0.15, 0.2) is 5.78 Å². The third-order valence-corrected chi connectivity index (χ3v) is 3.26. The first kappa shape index (κ1) is 11.0. The number of hydrogen-bond donors (Lipinski definition) is 0. The number of carbonyl (C=O) groups excluding carboxylic acids is 1. The van der Waals surface area contributed by atoms with Gasteiger partial charge in [-0.25, -0.2) is 0 Å². The fourth-order valence-electron chi connectivity index (χ4n) is 2.37. The second kappa shape index (κ2) is 4.65. The minimum atomic E-state index is -0.0127. The Labute approximate surface area is 106 Å². The Morgan fingerprint density at radius 2 is 1.67 bits per heavy atom. The summed E-state index contributed by atoms with van der Waals surface area (Å²) in [4.78, 5) is 11.8. The zero-order valence-electron chi connectivity index (χ0n) is 10.0. The van der Waals surface area contributed by atoms with Crippen LogP contribution in [0.1, 0.15) is 34.9 Å². The van der Waals surface area contributed by atoms with Crippen molar-refractivity contribution in [2.24, 2.45) is 0 Å². The van der Waals surface area contributed by atoms with Gasteiger partial charge in [0, 0.05) is 17.5 Å². The van der Waals surface area contributed by atoms with E-state index >= 15 is 0 Å². The van der Waals surface area contributed by atoms with Gasteiger partial charge in [-0.15, -0.1) is 0 Å². The van der Waals surface area contributed by atoms with Gasteiger partial charge in [0.2, 0.25) is 0 Å². The summed E-state index contributed by atoms with van der Waals surface area (Å²) < 4.78 is 5.98. The fourth-order valence-corrected chi connectivity index (χ4v) is 2.37. The normalized spacial score (nSPS) is 18.2. The molecule has 0 bridgehead atoms. The predicted molar refractivity (Wildman–Crippen MR) is 69.8 cm³/mol. The maximum Gasteiger partial charge on any atom is 0.163 e. The molecule has 1 aliphatic carbocycles. The summed E-state index contributed by atoms with van der Waals surface area (Å²) >= 11 is 0. The molecule has 0 aromatic heterocycles. The molecule has 90 valence electrons. The van der Waals surface area contributed by atoms with E-state index in [0.29, 0.717) is 6.42 Å². The molecule has 1 aliphatic rings. The lowest BCUT2D eigenvalue weighted by Crippen LogP contribution is -2.19. The van der Waals surface area contributed by atoms with Crippen molar-refractivity contribution < 1.29 is 9.53 Å². The van der Waals surface area contributed by atoms with E-state index in [-0.39, 0.29) is 11.9 Å². The molecule has 1 unspecified atom stereocenters. The molecule has 0 radical (unpaired) electrons. The quantitative estimate of drug-likeness (QED) is 0.795. The monoisotopic (exact) mass is 238 g/mol. The second-order valence-electron chi connectivity index (χ2n) is 4.47. The molecule has 2 nitrogen and oxygen atoms in total. The lowest BCUT2D eigenvalue weighted by atomic mass is 9.88. The lowest BCUT2D eigenvalue weighted by Gasteiger charge is -2.25. The summed E-state index contributed by atoms with van der Waals surface area (Å²) in [5, 5.41) is 0. The van der Waals surface area contributed by atoms with Crippen molar-refractivity contribution in [2.75, 3.05) is 0 Å². The van der Waals surface area contributed by atoms with E-state index in [1.54, 1.807) is 0 Å². The van der Waals surface area contributed by atoms with Crippen molar-refractivity contribution >= 4 is 5.78 Å². The van der Waals surface area contributed by atoms with Crippen molar-refractivity contribution in [3.63, 3.8) is 0 Å². The summed E-state index contributed by atoms with van der Waals surface area (Å²) in [6.45, 7) is 0. The third kappa shape index (κ3) is 2.02. The number of fused-ring (bicyclic) bond motifs is 1. The number of para-hydroxylation sites is 1. The zero-order valence-corrected chi connectivity index (χ0v) is 10.0. The molecular weight excluding hydrogens is 224 g/mol. The molecule has 1 atom stereocenters. The minimum absolute atomic E-state index is 0.0127. The molecule has 2 aromatic rings. The second-order valence-corrected chi connectivity index (χ2v) is 4.47. The first-order chi connectivity index (χ1) is 8.84. The zero-order chi connectivity index (χ0) is 12.4. The molecule has 0 fully saturated rings. The van der Waals surface area contributed by atoms with Crippen LogP contribution in [0.2, 0.25) is 0 Å². The van der Waals surface area contributed by atoms with Gasteiger partial charge < -0.3 is 4.74 Å². The average molecular weight is 238 g/mol. The number of carbonyl (C=O) groups is 1. The third-order valence-electron chi connectivity index (χ3n) is 3.26. The van der Waals surface area contributed by atoms with Crippen molar-refractivity contribution in [3.8, 4) is 5.75 Å². The van der Waals surface area contributed by atoms with Crippen molar-refractivity contribution in [3.05, 3.63) is 65.7 Å². The lowest BCUT2D eigenvalue weighted by molar-refractivity contribution is 0.0920. The van der Waals surface area contributed by atoms with Crippen LogP contribution >= 0.6 is 0 Å². The van der Waals surface area contributed by atoms with Crippen molar-refractivity contribution in [2.45, 2.75) is 18.9 Å². The van der Waals surface area contributed by atoms with E-state index in [1.807, 2.05) is 54.6 Å². The summed E-state index contributed by atoms with van der Waals surface area (Å²) in [6, 6.07) is 17.5. The molecule has 0 saturated carbocycles. The SMILES string of the molecule is O=C1CCC(Oc2ccccc2)c2ccccc21. The van der Waals surface area contributed by atoms with Gasteiger partial charge >= 0.3 is 0 Å². The Hall–Kier alpha value is -2.09. The number of ether oxygens (including phenoxy) is 1. The molecule has 18 heavy (non-hydrogen) atoms. The van der Waals surface area contributed by atoms with Gasteiger partial charge in [-0.2, -0.15) is 0 Å². The predicted octanol–water partition coefficient (Wildman–Crippen LogP) is 3.78. The molecule has 0 spiro atoms. The smallest absolute Gasteiger partial charge is 0.163 e. The Balaban J connectivity index is 1.91. The number of rotatable bonds is 2. The van der Waals surface area contributed by atoms with Crippen LogP contribution in [0, 0.1) is 0 Å². The first-order valence-corrected chi connectivity index (χ1v) is 6.18. The maximum atomic E-state index is 11.8. The molecule has 3 rings (SSSR count). The van der Waals surface area contributed by atoms with Crippen LogP contribution in [-0.2, 0) is 0 Å². The van der Waals surface area contributed by atoms with Gasteiger partial charge in [-0.05, 0) is 18.6 Å². The molecule has 0 aliphatic heterocycles. The molecule has 0 heterocycles. The molecule has 0 amide bonds. The van der Waals surface area contributed by atoms with E-state index in [2.05, 4.69) is 0 Å². The van der Waals surface area contributed by atoms with Gasteiger partial charge in [0.05, 0.1) is 0 Å². The summed E-state index contributed by atoms with van der Waals surface area (Å²) in [6.07, 6.45) is 1.31. The van der Waals surface area contributed by atoms with E-state index in [0.717, 1.165) is 23.3 Å². The standard InChI is InChI=1S/C16H14O2/c17-15-10-11-16(14-9-5-4-8-13(14)15)18-12-6-2-1-3-7-12/h1-9,16H,10-11H2. The van der Waals surface area contributed by atoms with Gasteiger partial charge in [-0.3, -0.25) is 4.79 Å². The van der Waals surface area contributed by atoms with E-state index in [9.17, 15) is 4.79 Å². The van der Waals surface area contributed by atoms with E-state index in [4.69, 9.17) is 4.74 Å². The Morgan fingerprint density at radius 1 is 0.944 bits per heavy atom. The van der Waals surface area contributed by atoms with Gasteiger partial charge in [0.1, 0.15) is 11.9 Å². The highest BCUT2D eigenvalue weighted by Crippen LogP contribution is 2.33. The number of ketones is 1. The van der Waals surface area contributed by atoms with E-state index < -0.39 is 0 Å². The van der Waals surface area contributed by atoms with Crippen LogP contribution < -0.4 is 4.74 Å². The molecular formula is C16H14O2. The Bertz CT molecular complexity index is 560. The average Bonchev–Trinajstić information content (AvgIpc) is 2.44. The van der Waals surface area contributed by atoms with Crippen molar-refractivity contribution in [1.82, 2.24) is 0 Å². The molecule has 2 heteroatoms. The number of benzene rings is 2. The largest absolute Gasteiger partial charge is 0.486 e. The highest BCUT2D eigenvalue weighted by molar-refractivity contribution is 5.98. The van der Waals surface area contributed by atoms with E-state index in [1.165, 1.54) is 0 Å². The first-order valence-electron chi connectivity index (χ1n) is 6.18. The van der Waals surface area contributed by atoms with Gasteiger partial charge in [-0.1, -0.05) is 42.5 Å². The maximum absolute atomic E-state index is 11.8. The highest BCUT2D eigenvalue weighted by atomic mass is 16.5. The summed E-state index contributed by atoms with van der Waals surface area (Å²) in [5.74, 6) is 1.07. The molecule has 0 saturated heterocycles. The fraction of sp³-hybridized carbons (Fsp3) is 0.188. The van der Waals surface area contributed by atoms with Crippen LogP contribution in [-0.4, -0.2) is 5.78 Å². The van der Waals surface area contributed by atoms with Crippen LogP contribution in [0.15, 0.2) is 54.6 Å². The summed E-state index contributed by atoms with van der Waals surface area (Å²) in [5.41, 5.74) is 1.82. The molecule has 2 aromatic carbocycles. The van der Waals surface area contributed by atoms with Crippen LogP contribution in [0.5, 0.6) is 5.75 Å². The van der Waals surface area contributed by atoms with Crippen LogP contribution in [0.25, 0.3) is 0 Å². The Kier molecular flexibility index (Phi) is 2.85. The van der Waals surface area contributed by atoms with Crippen LogP contribution in [0.4, 0.5) is 0 Å². The summed E-state index contributed by atoms with van der Waals surface area (Å²) in [7, 11) is 0.